The molecule has 1 amide bonds. The predicted molar refractivity (Wildman–Crippen MR) is 51.7 cm³/mol. The van der Waals surface area contributed by atoms with Crippen molar-refractivity contribution in [1.29, 1.82) is 0 Å². The van der Waals surface area contributed by atoms with Crippen molar-refractivity contribution < 1.29 is 4.79 Å². The number of nitrogen functional groups attached to an aromatic ring is 1. The van der Waals surface area contributed by atoms with Gasteiger partial charge in [-0.1, -0.05) is 11.6 Å². The zero-order chi connectivity index (χ0) is 10.0. The van der Waals surface area contributed by atoms with Crippen LogP contribution in [0.15, 0.2) is 12.1 Å². The Morgan fingerprint density at radius 3 is 2.69 bits per heavy atom. The maximum absolute atomic E-state index is 11.4. The van der Waals surface area contributed by atoms with Gasteiger partial charge in [-0.05, 0) is 12.1 Å². The lowest BCUT2D eigenvalue weighted by Gasteiger charge is -2.10. The highest BCUT2D eigenvalue weighted by molar-refractivity contribution is 6.33. The normalized spacial score (nSPS) is 9.77. The molecule has 1 rings (SSSR count). The molecule has 5 heteroatoms. The molecule has 0 aliphatic heterocycles. The minimum atomic E-state index is -0.252. The number of rotatable bonds is 1. The molecule has 2 N–H and O–H groups in total. The van der Waals surface area contributed by atoms with Crippen LogP contribution >= 0.6 is 11.6 Å². The Kier molecular flexibility index (Phi) is 2.72. The first-order chi connectivity index (χ1) is 6.02. The van der Waals surface area contributed by atoms with E-state index >= 15 is 0 Å². The third-order valence-electron chi connectivity index (χ3n) is 1.48. The number of carbonyl (C=O) groups is 1. The quantitative estimate of drug-likeness (QED) is 0.735. The number of carbonyl (C=O) groups excluding carboxylic acids is 1. The van der Waals surface area contributed by atoms with E-state index in [0.29, 0.717) is 5.02 Å². The molecule has 0 radical (unpaired) electrons. The molecule has 0 atom stereocenters. The molecule has 0 aliphatic carbocycles. The molecule has 1 aromatic rings. The van der Waals surface area contributed by atoms with E-state index in [1.54, 1.807) is 26.2 Å². The van der Waals surface area contributed by atoms with E-state index in [-0.39, 0.29) is 17.4 Å². The summed E-state index contributed by atoms with van der Waals surface area (Å²) in [5.74, 6) is 0.0342. The second-order valence-electron chi connectivity index (χ2n) is 2.77. The van der Waals surface area contributed by atoms with Crippen LogP contribution in [0.5, 0.6) is 0 Å². The Labute approximate surface area is 81.3 Å². The van der Waals surface area contributed by atoms with Crippen molar-refractivity contribution in [3.05, 3.63) is 22.8 Å². The van der Waals surface area contributed by atoms with Gasteiger partial charge < -0.3 is 10.6 Å². The standard InChI is InChI=1S/C8H10ClN3O/c1-12(2)8(13)7-5(9)3-4-6(10)11-7/h3-4H,1-2H3,(H2,10,11). The van der Waals surface area contributed by atoms with E-state index in [1.165, 1.54) is 4.90 Å². The summed E-state index contributed by atoms with van der Waals surface area (Å²) in [5, 5.41) is 0.313. The number of aromatic nitrogens is 1. The second kappa shape index (κ2) is 3.62. The van der Waals surface area contributed by atoms with E-state index in [4.69, 9.17) is 17.3 Å². The third-order valence-corrected chi connectivity index (χ3v) is 1.78. The zero-order valence-electron chi connectivity index (χ0n) is 7.41. The first-order valence-electron chi connectivity index (χ1n) is 3.66. The van der Waals surface area contributed by atoms with E-state index in [9.17, 15) is 4.79 Å². The lowest BCUT2D eigenvalue weighted by atomic mass is 10.3. The fraction of sp³-hybridized carbons (Fsp3) is 0.250. The van der Waals surface area contributed by atoms with Crippen LogP contribution < -0.4 is 5.73 Å². The number of pyridine rings is 1. The van der Waals surface area contributed by atoms with Crippen molar-refractivity contribution in [3.63, 3.8) is 0 Å². The van der Waals surface area contributed by atoms with Gasteiger partial charge in [0.1, 0.15) is 11.5 Å². The highest BCUT2D eigenvalue weighted by Crippen LogP contribution is 2.16. The first-order valence-corrected chi connectivity index (χ1v) is 4.04. The Balaban J connectivity index is 3.13. The summed E-state index contributed by atoms with van der Waals surface area (Å²) in [6.07, 6.45) is 0. The van der Waals surface area contributed by atoms with Gasteiger partial charge in [0.25, 0.3) is 5.91 Å². The van der Waals surface area contributed by atoms with Crippen molar-refractivity contribution in [2.75, 3.05) is 19.8 Å². The van der Waals surface area contributed by atoms with Crippen LogP contribution in [0.2, 0.25) is 5.02 Å². The van der Waals surface area contributed by atoms with Gasteiger partial charge in [0.2, 0.25) is 0 Å². The van der Waals surface area contributed by atoms with Crippen molar-refractivity contribution in [1.82, 2.24) is 9.88 Å². The van der Waals surface area contributed by atoms with Crippen LogP contribution in [0.1, 0.15) is 10.5 Å². The molecular weight excluding hydrogens is 190 g/mol. The number of nitrogens with zero attached hydrogens (tertiary/aromatic N) is 2. The van der Waals surface area contributed by atoms with Crippen LogP contribution in [0.25, 0.3) is 0 Å². The molecule has 0 spiro atoms. The first kappa shape index (κ1) is 9.80. The molecule has 0 bridgehead atoms. The molecule has 70 valence electrons. The van der Waals surface area contributed by atoms with E-state index in [0.717, 1.165) is 0 Å². The lowest BCUT2D eigenvalue weighted by molar-refractivity contribution is 0.0822. The fourth-order valence-electron chi connectivity index (χ4n) is 0.819. The highest BCUT2D eigenvalue weighted by Gasteiger charge is 2.13. The van der Waals surface area contributed by atoms with E-state index < -0.39 is 0 Å². The van der Waals surface area contributed by atoms with Gasteiger partial charge in [-0.15, -0.1) is 0 Å². The predicted octanol–water partition coefficient (Wildman–Crippen LogP) is 1.02. The summed E-state index contributed by atoms with van der Waals surface area (Å²) < 4.78 is 0. The average Bonchev–Trinajstić information content (AvgIpc) is 2.08. The number of anilines is 1. The van der Waals surface area contributed by atoms with E-state index in [2.05, 4.69) is 4.98 Å². The summed E-state index contributed by atoms with van der Waals surface area (Å²) in [6.45, 7) is 0. The number of hydrogen-bond donors (Lipinski definition) is 1. The van der Waals surface area contributed by atoms with Gasteiger partial charge in [0.15, 0.2) is 0 Å². The average molecular weight is 200 g/mol. The second-order valence-corrected chi connectivity index (χ2v) is 3.17. The summed E-state index contributed by atoms with van der Waals surface area (Å²) in [6, 6.07) is 3.11. The maximum atomic E-state index is 11.4. The number of amides is 1. The molecule has 13 heavy (non-hydrogen) atoms. The SMILES string of the molecule is CN(C)C(=O)c1nc(N)ccc1Cl. The molecule has 0 saturated heterocycles. The molecule has 0 aliphatic rings. The van der Waals surface area contributed by atoms with Gasteiger partial charge >= 0.3 is 0 Å². The highest BCUT2D eigenvalue weighted by atomic mass is 35.5. The molecule has 0 fully saturated rings. The van der Waals surface area contributed by atoms with Gasteiger partial charge in [0.05, 0.1) is 5.02 Å². The third kappa shape index (κ3) is 2.09. The smallest absolute Gasteiger partial charge is 0.273 e. The topological polar surface area (TPSA) is 59.2 Å². The molecule has 4 nitrogen and oxygen atoms in total. The minimum Gasteiger partial charge on any atom is -0.384 e. The summed E-state index contributed by atoms with van der Waals surface area (Å²) in [5.41, 5.74) is 5.61. The monoisotopic (exact) mass is 199 g/mol. The van der Waals surface area contributed by atoms with Crippen molar-refractivity contribution in [3.8, 4) is 0 Å². The van der Waals surface area contributed by atoms with Gasteiger partial charge in [-0.25, -0.2) is 4.98 Å². The maximum Gasteiger partial charge on any atom is 0.273 e. The van der Waals surface area contributed by atoms with Crippen LogP contribution in [0.4, 0.5) is 5.82 Å². The number of halogens is 1. The lowest BCUT2D eigenvalue weighted by Crippen LogP contribution is -2.23. The van der Waals surface area contributed by atoms with Crippen molar-refractivity contribution >= 4 is 23.3 Å². The van der Waals surface area contributed by atoms with Crippen molar-refractivity contribution in [2.45, 2.75) is 0 Å². The largest absolute Gasteiger partial charge is 0.384 e. The Hall–Kier alpha value is -1.29. The molecule has 0 unspecified atom stereocenters. The van der Waals surface area contributed by atoms with Gasteiger partial charge in [0, 0.05) is 14.1 Å². The minimum absolute atomic E-state index is 0.187. The van der Waals surface area contributed by atoms with Crippen LogP contribution in [-0.2, 0) is 0 Å². The molecule has 0 aromatic carbocycles. The zero-order valence-corrected chi connectivity index (χ0v) is 8.17. The van der Waals surface area contributed by atoms with Crippen LogP contribution in [-0.4, -0.2) is 29.9 Å². The molecule has 1 aromatic heterocycles. The van der Waals surface area contributed by atoms with Gasteiger partial charge in [-0.3, -0.25) is 4.79 Å². The van der Waals surface area contributed by atoms with E-state index in [1.807, 2.05) is 0 Å². The molecule has 0 saturated carbocycles. The van der Waals surface area contributed by atoms with Crippen LogP contribution in [0, 0.1) is 0 Å². The summed E-state index contributed by atoms with van der Waals surface area (Å²) in [7, 11) is 3.26. The van der Waals surface area contributed by atoms with Crippen LogP contribution in [0.3, 0.4) is 0 Å². The molecule has 1 heterocycles. The Morgan fingerprint density at radius 1 is 1.54 bits per heavy atom. The van der Waals surface area contributed by atoms with Gasteiger partial charge in [-0.2, -0.15) is 0 Å². The number of hydrogen-bond acceptors (Lipinski definition) is 3. The fourth-order valence-corrected chi connectivity index (χ4v) is 1.01. The Bertz CT molecular complexity index is 338. The summed E-state index contributed by atoms with van der Waals surface area (Å²) in [4.78, 5) is 16.7. The summed E-state index contributed by atoms with van der Waals surface area (Å²) >= 11 is 5.77. The molecular formula is C8H10ClN3O. The Morgan fingerprint density at radius 2 is 2.15 bits per heavy atom. The van der Waals surface area contributed by atoms with Crippen molar-refractivity contribution in [2.24, 2.45) is 0 Å². The number of nitrogens with two attached hydrogens (primary N) is 1.